The van der Waals surface area contributed by atoms with E-state index in [1.54, 1.807) is 6.92 Å². The Morgan fingerprint density at radius 1 is 1.56 bits per heavy atom. The van der Waals surface area contributed by atoms with Gasteiger partial charge >= 0.3 is 13.6 Å². The van der Waals surface area contributed by atoms with Crippen molar-refractivity contribution in [1.29, 1.82) is 0 Å². The Balaban J connectivity index is 3.12. The van der Waals surface area contributed by atoms with Gasteiger partial charge in [0.15, 0.2) is 5.78 Å². The highest BCUT2D eigenvalue weighted by atomic mass is 31.2. The number of Topliss-reactive ketones (excluding diaryl/α,β-unsaturated/α-hetero) is 1. The number of hydrogen-bond acceptors (Lipinski definition) is 4. The van der Waals surface area contributed by atoms with E-state index in [0.29, 0.717) is 6.54 Å². The summed E-state index contributed by atoms with van der Waals surface area (Å²) in [5.41, 5.74) is -0.691. The van der Waals surface area contributed by atoms with E-state index in [1.165, 1.54) is 13.0 Å². The summed E-state index contributed by atoms with van der Waals surface area (Å²) in [5.74, 6) is -2.00. The Labute approximate surface area is 104 Å². The van der Waals surface area contributed by atoms with Crippen LogP contribution in [0.5, 0.6) is 0 Å². The van der Waals surface area contributed by atoms with Crippen LogP contribution in [0, 0.1) is 5.41 Å². The van der Waals surface area contributed by atoms with Gasteiger partial charge in [-0.1, -0.05) is 11.6 Å². The van der Waals surface area contributed by atoms with Gasteiger partial charge in [-0.3, -0.25) is 19.5 Å². The van der Waals surface area contributed by atoms with Crippen LogP contribution < -0.4 is 5.32 Å². The van der Waals surface area contributed by atoms with Gasteiger partial charge in [0.25, 0.3) is 0 Å². The zero-order valence-corrected chi connectivity index (χ0v) is 11.0. The molecule has 0 saturated heterocycles. The van der Waals surface area contributed by atoms with Gasteiger partial charge in [0, 0.05) is 6.54 Å². The van der Waals surface area contributed by atoms with Crippen molar-refractivity contribution < 1.29 is 29.0 Å². The molecule has 1 aliphatic heterocycles. The third-order valence-corrected chi connectivity index (χ3v) is 3.63. The molecule has 0 radical (unpaired) electrons. The van der Waals surface area contributed by atoms with Crippen LogP contribution >= 0.6 is 7.60 Å². The lowest BCUT2D eigenvalue weighted by Gasteiger charge is -2.36. The van der Waals surface area contributed by atoms with E-state index in [9.17, 15) is 14.2 Å². The van der Waals surface area contributed by atoms with Crippen LogP contribution in [0.3, 0.4) is 0 Å². The molecule has 0 saturated carbocycles. The fourth-order valence-corrected chi connectivity index (χ4v) is 2.78. The number of hydrogen-bond donors (Lipinski definition) is 4. The Bertz CT molecular complexity index is 453. The maximum Gasteiger partial charge on any atom is 0.332 e. The average molecular weight is 277 g/mol. The van der Waals surface area contributed by atoms with Crippen LogP contribution in [0.4, 0.5) is 0 Å². The molecule has 0 spiro atoms. The lowest BCUT2D eigenvalue weighted by molar-refractivity contribution is -0.145. The van der Waals surface area contributed by atoms with Crippen LogP contribution in [-0.2, 0) is 14.2 Å². The van der Waals surface area contributed by atoms with Gasteiger partial charge in [-0.2, -0.15) is 0 Å². The van der Waals surface area contributed by atoms with Crippen molar-refractivity contribution in [2.24, 2.45) is 5.41 Å². The molecule has 18 heavy (non-hydrogen) atoms. The molecule has 1 heterocycles. The SMILES string of the molecule is CC1=C[C@@](C)(C(=O)CP(=O)(O)O)[C@H](C(=O)O)NC1. The fraction of sp³-hybridized carbons (Fsp3) is 0.600. The number of ketones is 1. The van der Waals surface area contributed by atoms with Gasteiger partial charge in [-0.05, 0) is 13.8 Å². The minimum atomic E-state index is -4.51. The third kappa shape index (κ3) is 3.26. The van der Waals surface area contributed by atoms with E-state index < -0.39 is 37.0 Å². The predicted molar refractivity (Wildman–Crippen MR) is 63.2 cm³/mol. The molecule has 0 bridgehead atoms. The van der Waals surface area contributed by atoms with E-state index in [4.69, 9.17) is 14.9 Å². The number of carboxylic acid groups (broad SMARTS) is 1. The largest absolute Gasteiger partial charge is 0.480 e. The first-order valence-electron chi connectivity index (χ1n) is 5.28. The van der Waals surface area contributed by atoms with E-state index in [0.717, 1.165) is 5.57 Å². The lowest BCUT2D eigenvalue weighted by atomic mass is 9.75. The second kappa shape index (κ2) is 4.93. The summed E-state index contributed by atoms with van der Waals surface area (Å²) < 4.78 is 10.9. The molecule has 0 aromatic heterocycles. The summed E-state index contributed by atoms with van der Waals surface area (Å²) in [6.07, 6.45) is 0.513. The smallest absolute Gasteiger partial charge is 0.332 e. The second-order valence-electron chi connectivity index (χ2n) is 4.67. The quantitative estimate of drug-likeness (QED) is 0.412. The van der Waals surface area contributed by atoms with Gasteiger partial charge in [-0.15, -0.1) is 0 Å². The Morgan fingerprint density at radius 3 is 2.56 bits per heavy atom. The molecular weight excluding hydrogens is 261 g/mol. The summed E-state index contributed by atoms with van der Waals surface area (Å²) in [6.45, 7) is 3.42. The monoisotopic (exact) mass is 277 g/mol. The van der Waals surface area contributed by atoms with Gasteiger partial charge in [-0.25, -0.2) is 0 Å². The number of carboxylic acids is 1. The topological polar surface area (TPSA) is 124 Å². The molecule has 1 rings (SSSR count). The van der Waals surface area contributed by atoms with Crippen LogP contribution in [0.2, 0.25) is 0 Å². The molecular formula is C10H16NO6P. The first kappa shape index (κ1) is 15.0. The molecule has 0 fully saturated rings. The van der Waals surface area contributed by atoms with Crippen molar-refractivity contribution in [2.75, 3.05) is 12.7 Å². The minimum Gasteiger partial charge on any atom is -0.480 e. The van der Waals surface area contributed by atoms with Crippen molar-refractivity contribution in [2.45, 2.75) is 19.9 Å². The van der Waals surface area contributed by atoms with Crippen molar-refractivity contribution in [3.63, 3.8) is 0 Å². The molecule has 2 atom stereocenters. The van der Waals surface area contributed by atoms with E-state index in [-0.39, 0.29) is 0 Å². The van der Waals surface area contributed by atoms with Crippen LogP contribution in [0.15, 0.2) is 11.6 Å². The molecule has 4 N–H and O–H groups in total. The third-order valence-electron chi connectivity index (χ3n) is 2.93. The van der Waals surface area contributed by atoms with E-state index in [2.05, 4.69) is 5.32 Å². The molecule has 1 aliphatic rings. The van der Waals surface area contributed by atoms with Crippen molar-refractivity contribution in [3.05, 3.63) is 11.6 Å². The first-order chi connectivity index (χ1) is 8.06. The molecule has 102 valence electrons. The zero-order chi connectivity index (χ0) is 14.1. The Kier molecular flexibility index (Phi) is 4.12. The molecule has 0 amide bonds. The number of carbonyl (C=O) groups excluding carboxylic acids is 1. The van der Waals surface area contributed by atoms with Crippen LogP contribution in [0.25, 0.3) is 0 Å². The maximum atomic E-state index is 12.0. The van der Waals surface area contributed by atoms with Crippen molar-refractivity contribution in [3.8, 4) is 0 Å². The first-order valence-corrected chi connectivity index (χ1v) is 7.08. The summed E-state index contributed by atoms with van der Waals surface area (Å²) in [7, 11) is -4.51. The number of rotatable bonds is 4. The predicted octanol–water partition coefficient (Wildman–Crippen LogP) is -0.258. The summed E-state index contributed by atoms with van der Waals surface area (Å²) in [5, 5.41) is 11.8. The maximum absolute atomic E-state index is 12.0. The highest BCUT2D eigenvalue weighted by molar-refractivity contribution is 7.52. The molecule has 0 aromatic carbocycles. The number of carbonyl (C=O) groups is 2. The molecule has 0 aliphatic carbocycles. The Morgan fingerprint density at radius 2 is 2.11 bits per heavy atom. The Hall–Kier alpha value is -1.01. The summed E-state index contributed by atoms with van der Waals surface area (Å²) >= 11 is 0. The molecule has 0 aromatic rings. The van der Waals surface area contributed by atoms with Gasteiger partial charge in [0.1, 0.15) is 12.2 Å². The molecule has 0 unspecified atom stereocenters. The number of aliphatic carboxylic acids is 1. The fourth-order valence-electron chi connectivity index (χ4n) is 2.06. The van der Waals surface area contributed by atoms with Crippen molar-refractivity contribution in [1.82, 2.24) is 5.32 Å². The van der Waals surface area contributed by atoms with Gasteiger partial charge in [0.05, 0.1) is 5.41 Å². The summed E-state index contributed by atoms with van der Waals surface area (Å²) in [4.78, 5) is 40.7. The molecule has 7 nitrogen and oxygen atoms in total. The highest BCUT2D eigenvalue weighted by Crippen LogP contribution is 2.39. The van der Waals surface area contributed by atoms with Crippen LogP contribution in [-0.4, -0.2) is 45.4 Å². The lowest BCUT2D eigenvalue weighted by Crippen LogP contribution is -2.55. The zero-order valence-electron chi connectivity index (χ0n) is 10.1. The normalized spacial score (nSPS) is 28.7. The highest BCUT2D eigenvalue weighted by Gasteiger charge is 2.46. The molecule has 8 heteroatoms. The van der Waals surface area contributed by atoms with Gasteiger partial charge in [0.2, 0.25) is 0 Å². The van der Waals surface area contributed by atoms with E-state index >= 15 is 0 Å². The standard InChI is InChI=1S/C10H16NO6P/c1-6-3-10(2,7(12)5-18(15,16)17)8(9(13)14)11-4-6/h3,8,11H,4-5H2,1-2H3,(H,13,14)(H2,15,16,17)/t8-,10-/m0/s1. The second-order valence-corrected chi connectivity index (χ2v) is 6.32. The van der Waals surface area contributed by atoms with Gasteiger partial charge < -0.3 is 14.9 Å². The average Bonchev–Trinajstić information content (AvgIpc) is 2.13. The van der Waals surface area contributed by atoms with E-state index in [1.807, 2.05) is 0 Å². The minimum absolute atomic E-state index is 0.329. The summed E-state index contributed by atoms with van der Waals surface area (Å²) in [6, 6.07) is -1.18. The van der Waals surface area contributed by atoms with Crippen molar-refractivity contribution >= 4 is 19.3 Å². The number of nitrogens with one attached hydrogen (secondary N) is 1. The van der Waals surface area contributed by atoms with Crippen LogP contribution in [0.1, 0.15) is 13.8 Å².